The van der Waals surface area contributed by atoms with Gasteiger partial charge in [0, 0.05) is 31.6 Å². The molecule has 3 aromatic rings. The van der Waals surface area contributed by atoms with Gasteiger partial charge >= 0.3 is 0 Å². The van der Waals surface area contributed by atoms with Crippen LogP contribution in [0.3, 0.4) is 0 Å². The van der Waals surface area contributed by atoms with Crippen molar-refractivity contribution in [3.63, 3.8) is 0 Å². The van der Waals surface area contributed by atoms with Crippen LogP contribution in [0.5, 0.6) is 0 Å². The van der Waals surface area contributed by atoms with Crippen LogP contribution < -0.4 is 5.56 Å². The second-order valence-electron chi connectivity index (χ2n) is 8.42. The molecule has 2 aromatic carbocycles. The number of nitrogens with zero attached hydrogens (tertiary/aromatic N) is 5. The number of pyridine rings is 1. The van der Waals surface area contributed by atoms with Gasteiger partial charge < -0.3 is 4.57 Å². The van der Waals surface area contributed by atoms with E-state index >= 15 is 8.78 Å². The van der Waals surface area contributed by atoms with Crippen LogP contribution in [-0.4, -0.2) is 24.1 Å². The lowest BCUT2D eigenvalue weighted by Crippen LogP contribution is -2.33. The van der Waals surface area contributed by atoms with E-state index in [9.17, 15) is 4.79 Å². The molecule has 174 valence electrons. The number of halogens is 3. The van der Waals surface area contributed by atoms with Gasteiger partial charge in [-0.25, -0.2) is 18.1 Å². The Bertz CT molecular complexity index is 1650. The highest BCUT2D eigenvalue weighted by atomic mass is 127. The number of allylic oxidation sites excluding steroid dienone is 4. The maximum Gasteiger partial charge on any atom is 0.279 e. The molecule has 35 heavy (non-hydrogen) atoms. The van der Waals surface area contributed by atoms with Gasteiger partial charge in [0.05, 0.1) is 22.2 Å². The van der Waals surface area contributed by atoms with Crippen LogP contribution in [0.2, 0.25) is 0 Å². The molecule has 2 aliphatic heterocycles. The van der Waals surface area contributed by atoms with Crippen LogP contribution in [0, 0.1) is 11.6 Å². The van der Waals surface area contributed by atoms with Crippen molar-refractivity contribution in [3.8, 4) is 16.9 Å². The second kappa shape index (κ2) is 8.26. The van der Waals surface area contributed by atoms with E-state index in [-0.39, 0.29) is 34.3 Å². The summed E-state index contributed by atoms with van der Waals surface area (Å²) >= 11 is 2.17. The molecule has 0 N–H and O–H groups in total. The Balaban J connectivity index is 1.53. The van der Waals surface area contributed by atoms with E-state index in [1.807, 2.05) is 60.8 Å². The predicted octanol–water partition coefficient (Wildman–Crippen LogP) is 5.42. The molecule has 1 unspecified atom stereocenters. The van der Waals surface area contributed by atoms with Crippen LogP contribution >= 0.6 is 22.6 Å². The molecule has 0 radical (unpaired) electrons. The highest BCUT2D eigenvalue weighted by Gasteiger charge is 2.33. The van der Waals surface area contributed by atoms with Crippen LogP contribution in [0.15, 0.2) is 90.2 Å². The lowest BCUT2D eigenvalue weighted by atomic mass is 10.1. The monoisotopic (exact) mass is 581 g/mol. The van der Waals surface area contributed by atoms with E-state index in [4.69, 9.17) is 0 Å². The largest absolute Gasteiger partial charge is 0.340 e. The Morgan fingerprint density at radius 3 is 2.57 bits per heavy atom. The van der Waals surface area contributed by atoms with Crippen molar-refractivity contribution in [1.29, 1.82) is 0 Å². The van der Waals surface area contributed by atoms with Crippen molar-refractivity contribution >= 4 is 33.5 Å². The summed E-state index contributed by atoms with van der Waals surface area (Å²) in [7, 11) is 0. The first-order chi connectivity index (χ1) is 16.9. The molecule has 0 spiro atoms. The van der Waals surface area contributed by atoms with Crippen molar-refractivity contribution in [1.82, 2.24) is 24.1 Å². The molecule has 9 heteroatoms. The van der Waals surface area contributed by atoms with Crippen molar-refractivity contribution in [2.45, 2.75) is 16.5 Å². The minimum Gasteiger partial charge on any atom is -0.340 e. The average Bonchev–Trinajstić information content (AvgIpc) is 3.51. The van der Waals surface area contributed by atoms with Crippen LogP contribution in [0.1, 0.15) is 12.0 Å². The quantitative estimate of drug-likeness (QED) is 0.211. The predicted molar refractivity (Wildman–Crippen MR) is 138 cm³/mol. The lowest BCUT2D eigenvalue weighted by molar-refractivity contribution is 0.503. The molecule has 0 saturated heterocycles. The Kier molecular flexibility index (Phi) is 5.17. The summed E-state index contributed by atoms with van der Waals surface area (Å²) in [6.07, 6.45) is 13.3. The zero-order valence-corrected chi connectivity index (χ0v) is 20.4. The average molecular weight is 581 g/mol. The van der Waals surface area contributed by atoms with Gasteiger partial charge in [0.2, 0.25) is 0 Å². The van der Waals surface area contributed by atoms with E-state index in [1.165, 1.54) is 4.68 Å². The fourth-order valence-corrected chi connectivity index (χ4v) is 5.26. The first-order valence-corrected chi connectivity index (χ1v) is 12.1. The van der Waals surface area contributed by atoms with Crippen molar-refractivity contribution in [3.05, 3.63) is 113 Å². The van der Waals surface area contributed by atoms with Crippen molar-refractivity contribution in [2.75, 3.05) is 0 Å². The van der Waals surface area contributed by atoms with E-state index in [2.05, 4.69) is 32.8 Å². The number of hydrogen-bond donors (Lipinski definition) is 0. The van der Waals surface area contributed by atoms with E-state index < -0.39 is 15.2 Å². The third-order valence-electron chi connectivity index (χ3n) is 6.18. The van der Waals surface area contributed by atoms with Gasteiger partial charge in [-0.1, -0.05) is 30.4 Å². The van der Waals surface area contributed by atoms with Crippen molar-refractivity contribution in [2.24, 2.45) is 0 Å². The van der Waals surface area contributed by atoms with Crippen molar-refractivity contribution < 1.29 is 8.78 Å². The molecule has 0 bridgehead atoms. The molecule has 0 saturated carbocycles. The molecule has 1 atom stereocenters. The summed E-state index contributed by atoms with van der Waals surface area (Å²) in [4.78, 5) is 13.5. The zero-order chi connectivity index (χ0) is 24.2. The van der Waals surface area contributed by atoms with Gasteiger partial charge in [0.15, 0.2) is 0 Å². The van der Waals surface area contributed by atoms with Gasteiger partial charge in [-0.05, 0) is 64.6 Å². The molecular formula is C26H18F2IN5O. The first-order valence-electron chi connectivity index (χ1n) is 11.0. The maximum atomic E-state index is 15.1. The summed E-state index contributed by atoms with van der Waals surface area (Å²) in [6.45, 7) is 0.245. The molecule has 0 fully saturated rings. The Labute approximate surface area is 212 Å². The zero-order valence-electron chi connectivity index (χ0n) is 18.3. The van der Waals surface area contributed by atoms with Gasteiger partial charge in [-0.15, -0.1) is 0 Å². The van der Waals surface area contributed by atoms with E-state index in [1.54, 1.807) is 21.6 Å². The summed E-state index contributed by atoms with van der Waals surface area (Å²) in [5, 5.41) is 8.73. The first kappa shape index (κ1) is 21.9. The number of aromatic nitrogens is 5. The molecular weight excluding hydrogens is 563 g/mol. The molecule has 1 aromatic heterocycles. The SMILES string of the molecule is O=c1c2cn(Cc3ccc(-n4cccn4)cc3)c3c(F)ccc(F)c3c-2nn1C1(I)C=CC=CC1. The third-order valence-corrected chi connectivity index (χ3v) is 7.43. The van der Waals surface area contributed by atoms with Gasteiger partial charge in [0.25, 0.3) is 5.56 Å². The highest BCUT2D eigenvalue weighted by Crippen LogP contribution is 2.37. The topological polar surface area (TPSA) is 57.6 Å². The standard InChI is InChI=1S/C26H18F2IN5O/c27-20-9-10-21(28)24-22(20)23-19(25(35)34(31-23)26(29)11-2-1-3-12-26)16-32(24)15-17-5-7-18(8-6-17)33-14-4-13-30-33/h1-11,13-14,16H,12,15H2. The maximum absolute atomic E-state index is 15.1. The molecule has 6 nitrogen and oxygen atoms in total. The molecule has 1 aliphatic carbocycles. The Morgan fingerprint density at radius 1 is 1.06 bits per heavy atom. The minimum absolute atomic E-state index is 0.00171. The molecule has 0 amide bonds. The third kappa shape index (κ3) is 3.61. The lowest BCUT2D eigenvalue weighted by Gasteiger charge is -2.23. The molecule has 3 aliphatic rings. The van der Waals surface area contributed by atoms with Crippen LogP contribution in [0.4, 0.5) is 8.78 Å². The molecule has 3 heterocycles. The van der Waals surface area contributed by atoms with Gasteiger partial charge in [-0.3, -0.25) is 4.79 Å². The van der Waals surface area contributed by atoms with E-state index in [0.29, 0.717) is 6.42 Å². The summed E-state index contributed by atoms with van der Waals surface area (Å²) in [5.74, 6) is -1.20. The summed E-state index contributed by atoms with van der Waals surface area (Å²) in [5.41, 5.74) is 1.87. The fourth-order valence-electron chi connectivity index (χ4n) is 4.47. The minimum atomic E-state index is -0.716. The van der Waals surface area contributed by atoms with Gasteiger partial charge in [0.1, 0.15) is 20.9 Å². The highest BCUT2D eigenvalue weighted by molar-refractivity contribution is 14.1. The summed E-state index contributed by atoms with van der Waals surface area (Å²) < 4.78 is 34.2. The fraction of sp³-hybridized carbons (Fsp3) is 0.115. The number of alkyl halides is 1. The second-order valence-corrected chi connectivity index (χ2v) is 10.3. The van der Waals surface area contributed by atoms with E-state index in [0.717, 1.165) is 23.4 Å². The summed E-state index contributed by atoms with van der Waals surface area (Å²) in [6, 6.07) is 11.6. The van der Waals surface area contributed by atoms with Crippen LogP contribution in [0.25, 0.3) is 27.8 Å². The number of fused-ring (bicyclic) bond motifs is 3. The number of hydrogen-bond acceptors (Lipinski definition) is 3. The number of benzene rings is 2. The normalized spacial score (nSPS) is 17.6. The Hall–Kier alpha value is -3.60. The smallest absolute Gasteiger partial charge is 0.279 e. The molecule has 6 rings (SSSR count). The Morgan fingerprint density at radius 2 is 1.86 bits per heavy atom. The number of rotatable bonds is 4. The van der Waals surface area contributed by atoms with Gasteiger partial charge in [-0.2, -0.15) is 10.2 Å². The van der Waals surface area contributed by atoms with Crippen LogP contribution in [-0.2, 0) is 10.1 Å².